The van der Waals surface area contributed by atoms with E-state index in [-0.39, 0.29) is 5.91 Å². The molecule has 1 heterocycles. The van der Waals surface area contributed by atoms with Gasteiger partial charge in [-0.1, -0.05) is 27.6 Å². The van der Waals surface area contributed by atoms with Crippen LogP contribution in [0.2, 0.25) is 0 Å². The Morgan fingerprint density at radius 3 is 2.30 bits per heavy atom. The van der Waals surface area contributed by atoms with Crippen LogP contribution < -0.4 is 0 Å². The molecule has 0 radical (unpaired) electrons. The number of amides is 1. The summed E-state index contributed by atoms with van der Waals surface area (Å²) in [4.78, 5) is 16.7. The van der Waals surface area contributed by atoms with Gasteiger partial charge in [-0.3, -0.25) is 9.69 Å². The standard InChI is InChI=1S/C16H21BrN2O/c1-13(2)7-8-18-9-11-19(12-10-18)16(20)14-3-5-15(17)6-4-14/h3-7H,8-12H2,1-2H3. The Bertz CT molecular complexity index is 484. The number of nitrogens with zero attached hydrogens (tertiary/aromatic N) is 2. The van der Waals surface area contributed by atoms with E-state index in [1.54, 1.807) is 0 Å². The van der Waals surface area contributed by atoms with Crippen LogP contribution in [0.5, 0.6) is 0 Å². The number of hydrogen-bond acceptors (Lipinski definition) is 2. The summed E-state index contributed by atoms with van der Waals surface area (Å²) in [6.45, 7) is 8.75. The molecule has 1 amide bonds. The summed E-state index contributed by atoms with van der Waals surface area (Å²) in [6.07, 6.45) is 2.24. The lowest BCUT2D eigenvalue weighted by Gasteiger charge is -2.34. The zero-order chi connectivity index (χ0) is 14.5. The van der Waals surface area contributed by atoms with Gasteiger partial charge in [-0.2, -0.15) is 0 Å². The zero-order valence-electron chi connectivity index (χ0n) is 12.1. The lowest BCUT2D eigenvalue weighted by molar-refractivity contribution is 0.0650. The third kappa shape index (κ3) is 4.18. The number of piperazine rings is 1. The topological polar surface area (TPSA) is 23.6 Å². The molecule has 0 saturated carbocycles. The predicted molar refractivity (Wildman–Crippen MR) is 85.9 cm³/mol. The number of halogens is 1. The Kier molecular flexibility index (Phi) is 5.38. The second-order valence-corrected chi connectivity index (χ2v) is 6.30. The van der Waals surface area contributed by atoms with Gasteiger partial charge >= 0.3 is 0 Å². The van der Waals surface area contributed by atoms with Crippen molar-refractivity contribution >= 4 is 21.8 Å². The smallest absolute Gasteiger partial charge is 0.253 e. The highest BCUT2D eigenvalue weighted by atomic mass is 79.9. The van der Waals surface area contributed by atoms with Crippen LogP contribution >= 0.6 is 15.9 Å². The maximum Gasteiger partial charge on any atom is 0.253 e. The first-order valence-corrected chi connectivity index (χ1v) is 7.76. The van der Waals surface area contributed by atoms with Gasteiger partial charge in [-0.15, -0.1) is 0 Å². The predicted octanol–water partition coefficient (Wildman–Crippen LogP) is 3.17. The molecule has 0 spiro atoms. The monoisotopic (exact) mass is 336 g/mol. The molecule has 4 heteroatoms. The minimum absolute atomic E-state index is 0.138. The van der Waals surface area contributed by atoms with Gasteiger partial charge in [0.05, 0.1) is 0 Å². The molecule has 2 rings (SSSR count). The summed E-state index contributed by atoms with van der Waals surface area (Å²) in [7, 11) is 0. The molecule has 1 aliphatic heterocycles. The SMILES string of the molecule is CC(C)=CCN1CCN(C(=O)c2ccc(Br)cc2)CC1. The molecule has 3 nitrogen and oxygen atoms in total. The van der Waals surface area contributed by atoms with Gasteiger partial charge in [0, 0.05) is 42.8 Å². The second kappa shape index (κ2) is 7.04. The van der Waals surface area contributed by atoms with Crippen LogP contribution in [0.1, 0.15) is 24.2 Å². The van der Waals surface area contributed by atoms with E-state index >= 15 is 0 Å². The Morgan fingerprint density at radius 2 is 1.75 bits per heavy atom. The molecule has 1 aliphatic rings. The highest BCUT2D eigenvalue weighted by Crippen LogP contribution is 2.13. The lowest BCUT2D eigenvalue weighted by Crippen LogP contribution is -2.48. The first-order chi connectivity index (χ1) is 9.56. The van der Waals surface area contributed by atoms with Gasteiger partial charge in [0.1, 0.15) is 0 Å². The fourth-order valence-electron chi connectivity index (χ4n) is 2.22. The second-order valence-electron chi connectivity index (χ2n) is 5.38. The van der Waals surface area contributed by atoms with E-state index in [1.165, 1.54) is 5.57 Å². The number of carbonyl (C=O) groups excluding carboxylic acids is 1. The van der Waals surface area contributed by atoms with Crippen molar-refractivity contribution in [2.24, 2.45) is 0 Å². The van der Waals surface area contributed by atoms with E-state index < -0.39 is 0 Å². The molecule has 0 bridgehead atoms. The minimum Gasteiger partial charge on any atom is -0.336 e. The van der Waals surface area contributed by atoms with Gasteiger partial charge < -0.3 is 4.90 Å². The van der Waals surface area contributed by atoms with Crippen molar-refractivity contribution in [3.8, 4) is 0 Å². The van der Waals surface area contributed by atoms with Crippen LogP contribution in [-0.2, 0) is 0 Å². The quantitative estimate of drug-likeness (QED) is 0.791. The highest BCUT2D eigenvalue weighted by Gasteiger charge is 2.21. The first-order valence-electron chi connectivity index (χ1n) is 6.97. The summed E-state index contributed by atoms with van der Waals surface area (Å²) in [6, 6.07) is 7.58. The molecular weight excluding hydrogens is 316 g/mol. The average molecular weight is 337 g/mol. The normalized spacial score (nSPS) is 16.1. The lowest BCUT2D eigenvalue weighted by atomic mass is 10.2. The van der Waals surface area contributed by atoms with E-state index in [4.69, 9.17) is 0 Å². The largest absolute Gasteiger partial charge is 0.336 e. The van der Waals surface area contributed by atoms with Gasteiger partial charge in [0.2, 0.25) is 0 Å². The van der Waals surface area contributed by atoms with Crippen LogP contribution in [0.3, 0.4) is 0 Å². The number of carbonyl (C=O) groups is 1. The van der Waals surface area contributed by atoms with Crippen LogP contribution in [0, 0.1) is 0 Å². The fourth-order valence-corrected chi connectivity index (χ4v) is 2.48. The summed E-state index contributed by atoms with van der Waals surface area (Å²) in [5.41, 5.74) is 2.12. The summed E-state index contributed by atoms with van der Waals surface area (Å²) < 4.78 is 1.00. The van der Waals surface area contributed by atoms with Gasteiger partial charge in [-0.25, -0.2) is 0 Å². The molecule has 0 aromatic heterocycles. The Morgan fingerprint density at radius 1 is 1.15 bits per heavy atom. The minimum atomic E-state index is 0.138. The molecule has 1 fully saturated rings. The van der Waals surface area contributed by atoms with Crippen LogP contribution in [0.15, 0.2) is 40.4 Å². The summed E-state index contributed by atoms with van der Waals surface area (Å²) in [5, 5.41) is 0. The van der Waals surface area contributed by atoms with Crippen LogP contribution in [-0.4, -0.2) is 48.4 Å². The van der Waals surface area contributed by atoms with Crippen LogP contribution in [0.25, 0.3) is 0 Å². The number of hydrogen-bond donors (Lipinski definition) is 0. The van der Waals surface area contributed by atoms with E-state index in [2.05, 4.69) is 40.8 Å². The maximum atomic E-state index is 12.4. The van der Waals surface area contributed by atoms with Crippen molar-refractivity contribution in [1.29, 1.82) is 0 Å². The third-order valence-corrected chi connectivity index (χ3v) is 4.04. The van der Waals surface area contributed by atoms with Crippen molar-refractivity contribution in [1.82, 2.24) is 9.80 Å². The Balaban J connectivity index is 1.88. The maximum absolute atomic E-state index is 12.4. The van der Waals surface area contributed by atoms with Crippen molar-refractivity contribution < 1.29 is 4.79 Å². The molecule has 20 heavy (non-hydrogen) atoms. The summed E-state index contributed by atoms with van der Waals surface area (Å²) in [5.74, 6) is 0.138. The highest BCUT2D eigenvalue weighted by molar-refractivity contribution is 9.10. The fraction of sp³-hybridized carbons (Fsp3) is 0.438. The van der Waals surface area contributed by atoms with Crippen LogP contribution in [0.4, 0.5) is 0 Å². The van der Waals surface area contributed by atoms with E-state index in [0.717, 1.165) is 42.8 Å². The van der Waals surface area contributed by atoms with E-state index in [1.807, 2.05) is 29.2 Å². The van der Waals surface area contributed by atoms with E-state index in [9.17, 15) is 4.79 Å². The average Bonchev–Trinajstić information content (AvgIpc) is 2.46. The molecule has 0 aliphatic carbocycles. The Labute approximate surface area is 129 Å². The van der Waals surface area contributed by atoms with Crippen molar-refractivity contribution in [3.63, 3.8) is 0 Å². The first kappa shape index (κ1) is 15.3. The summed E-state index contributed by atoms with van der Waals surface area (Å²) >= 11 is 3.39. The van der Waals surface area contributed by atoms with Crippen molar-refractivity contribution in [2.45, 2.75) is 13.8 Å². The molecule has 0 atom stereocenters. The van der Waals surface area contributed by atoms with E-state index in [0.29, 0.717) is 0 Å². The van der Waals surface area contributed by atoms with Crippen molar-refractivity contribution in [3.05, 3.63) is 46.0 Å². The molecule has 1 aromatic carbocycles. The van der Waals surface area contributed by atoms with Crippen molar-refractivity contribution in [2.75, 3.05) is 32.7 Å². The number of benzene rings is 1. The Hall–Kier alpha value is -1.13. The molecular formula is C16H21BrN2O. The zero-order valence-corrected chi connectivity index (χ0v) is 13.7. The number of allylic oxidation sites excluding steroid dienone is 1. The molecule has 1 aromatic rings. The molecule has 0 N–H and O–H groups in total. The molecule has 1 saturated heterocycles. The molecule has 0 unspecified atom stereocenters. The number of rotatable bonds is 3. The molecule has 108 valence electrons. The third-order valence-electron chi connectivity index (χ3n) is 3.51. The van der Waals surface area contributed by atoms with Gasteiger partial charge in [-0.05, 0) is 38.1 Å². The van der Waals surface area contributed by atoms with Gasteiger partial charge in [0.25, 0.3) is 5.91 Å². The van der Waals surface area contributed by atoms with Gasteiger partial charge in [0.15, 0.2) is 0 Å².